The molecule has 0 spiro atoms. The maximum atomic E-state index is 12.9. The van der Waals surface area contributed by atoms with Gasteiger partial charge < -0.3 is 0 Å². The van der Waals surface area contributed by atoms with Gasteiger partial charge in [-0.3, -0.25) is 9.69 Å². The Balaban J connectivity index is 1.61. The maximum absolute atomic E-state index is 12.9. The van der Waals surface area contributed by atoms with Crippen LogP contribution in [-0.4, -0.2) is 27.4 Å². The van der Waals surface area contributed by atoms with Crippen molar-refractivity contribution < 1.29 is 4.79 Å². The Hall–Kier alpha value is -2.92. The maximum Gasteiger partial charge on any atom is 0.242 e. The Morgan fingerprint density at radius 1 is 1.03 bits per heavy atom. The summed E-state index contributed by atoms with van der Waals surface area (Å²) in [5.74, 6) is 0.106. The summed E-state index contributed by atoms with van der Waals surface area (Å²) in [5, 5.41) is 11.6. The summed E-state index contributed by atoms with van der Waals surface area (Å²) in [6.07, 6.45) is 2.50. The predicted octanol–water partition coefficient (Wildman–Crippen LogP) is 5.39. The molecular formula is C24H23N3OS. The predicted molar refractivity (Wildman–Crippen MR) is 122 cm³/mol. The van der Waals surface area contributed by atoms with E-state index in [1.165, 1.54) is 22.7 Å². The molecular weight excluding hydrogens is 378 g/mol. The molecule has 3 aromatic rings. The van der Waals surface area contributed by atoms with Crippen molar-refractivity contribution in [2.45, 2.75) is 32.1 Å². The minimum atomic E-state index is -0.0988. The first-order chi connectivity index (χ1) is 14.2. The van der Waals surface area contributed by atoms with Gasteiger partial charge in [0.2, 0.25) is 5.91 Å². The molecule has 146 valence electrons. The van der Waals surface area contributed by atoms with Crippen molar-refractivity contribution in [2.75, 3.05) is 0 Å². The van der Waals surface area contributed by atoms with Crippen LogP contribution in [0.5, 0.6) is 0 Å². The highest BCUT2D eigenvalue weighted by Crippen LogP contribution is 2.32. The second-order valence-corrected chi connectivity index (χ2v) is 8.29. The van der Waals surface area contributed by atoms with Crippen molar-refractivity contribution in [1.82, 2.24) is 4.90 Å². The Morgan fingerprint density at radius 3 is 2.59 bits per heavy atom. The number of carbonyl (C=O) groups is 1. The van der Waals surface area contributed by atoms with Crippen LogP contribution in [0.4, 0.5) is 0 Å². The van der Waals surface area contributed by atoms with E-state index >= 15 is 0 Å². The first-order valence-electron chi connectivity index (χ1n) is 9.78. The fourth-order valence-corrected chi connectivity index (χ4v) is 4.41. The summed E-state index contributed by atoms with van der Waals surface area (Å²) in [5.41, 5.74) is 3.31. The van der Waals surface area contributed by atoms with Gasteiger partial charge in [-0.1, -0.05) is 91.0 Å². The molecule has 0 aliphatic carbocycles. The van der Waals surface area contributed by atoms with Gasteiger partial charge in [0.05, 0.1) is 18.0 Å². The van der Waals surface area contributed by atoms with E-state index in [1.54, 1.807) is 11.1 Å². The number of rotatable bonds is 5. The fourth-order valence-electron chi connectivity index (χ4n) is 3.39. The second-order valence-electron chi connectivity index (χ2n) is 7.12. The van der Waals surface area contributed by atoms with E-state index in [1.807, 2.05) is 49.4 Å². The quantitative estimate of drug-likeness (QED) is 0.425. The van der Waals surface area contributed by atoms with Crippen LogP contribution in [0.1, 0.15) is 30.0 Å². The van der Waals surface area contributed by atoms with Gasteiger partial charge in [-0.15, -0.1) is 5.10 Å². The van der Waals surface area contributed by atoms with Crippen LogP contribution < -0.4 is 0 Å². The molecule has 0 radical (unpaired) electrons. The molecule has 0 saturated carbocycles. The van der Waals surface area contributed by atoms with E-state index in [0.717, 1.165) is 22.9 Å². The largest absolute Gasteiger partial charge is 0.284 e. The van der Waals surface area contributed by atoms with Gasteiger partial charge in [-0.25, -0.2) is 0 Å². The van der Waals surface area contributed by atoms with Crippen molar-refractivity contribution in [3.8, 4) is 0 Å². The third kappa shape index (κ3) is 4.25. The molecule has 0 bridgehead atoms. The Morgan fingerprint density at radius 2 is 1.79 bits per heavy atom. The van der Waals surface area contributed by atoms with Crippen LogP contribution in [0.3, 0.4) is 0 Å². The third-order valence-corrected chi connectivity index (χ3v) is 6.36. The summed E-state index contributed by atoms with van der Waals surface area (Å²) < 4.78 is 0. The molecule has 0 unspecified atom stereocenters. The third-order valence-electron chi connectivity index (χ3n) is 5.03. The minimum absolute atomic E-state index is 0.0988. The number of amides is 1. The summed E-state index contributed by atoms with van der Waals surface area (Å²) >= 11 is 1.50. The average molecular weight is 402 g/mol. The lowest BCUT2D eigenvalue weighted by Gasteiger charge is -2.17. The number of benzene rings is 3. The van der Waals surface area contributed by atoms with Gasteiger partial charge in [-0.05, 0) is 35.2 Å². The van der Waals surface area contributed by atoms with Gasteiger partial charge in [0, 0.05) is 0 Å². The van der Waals surface area contributed by atoms with Crippen molar-refractivity contribution >= 4 is 39.8 Å². The van der Waals surface area contributed by atoms with Crippen molar-refractivity contribution in [1.29, 1.82) is 0 Å². The lowest BCUT2D eigenvalue weighted by molar-refractivity contribution is -0.126. The van der Waals surface area contributed by atoms with Gasteiger partial charge >= 0.3 is 0 Å². The number of carbonyl (C=O) groups excluding carboxylic acids is 1. The highest BCUT2D eigenvalue weighted by molar-refractivity contribution is 8.15. The summed E-state index contributed by atoms with van der Waals surface area (Å²) in [6.45, 7) is 4.59. The Kier molecular flexibility index (Phi) is 5.76. The molecule has 4 nitrogen and oxygen atoms in total. The normalized spacial score (nSPS) is 18.4. The van der Waals surface area contributed by atoms with Crippen LogP contribution in [0.2, 0.25) is 0 Å². The topological polar surface area (TPSA) is 45.0 Å². The van der Waals surface area contributed by atoms with Crippen LogP contribution >= 0.6 is 11.8 Å². The second kappa shape index (κ2) is 8.62. The van der Waals surface area contributed by atoms with Crippen LogP contribution in [0.15, 0.2) is 76.9 Å². The molecule has 1 aliphatic rings. The highest BCUT2D eigenvalue weighted by Gasteiger charge is 2.37. The number of nitrogens with zero attached hydrogens (tertiary/aromatic N) is 3. The SMILES string of the molecule is CC[C@H]1S/C(=N\N=C/c2ccc(C)cc2)N(Cc2cccc3ccccc23)C1=O. The lowest BCUT2D eigenvalue weighted by atomic mass is 10.0. The van der Waals surface area contributed by atoms with Crippen molar-refractivity contribution in [3.63, 3.8) is 0 Å². The van der Waals surface area contributed by atoms with Gasteiger partial charge in [0.1, 0.15) is 0 Å². The first kappa shape index (κ1) is 19.4. The smallest absolute Gasteiger partial charge is 0.242 e. The van der Waals surface area contributed by atoms with Crippen LogP contribution in [0.25, 0.3) is 10.8 Å². The molecule has 0 aromatic heterocycles. The molecule has 29 heavy (non-hydrogen) atoms. The number of hydrogen-bond donors (Lipinski definition) is 0. The minimum Gasteiger partial charge on any atom is -0.284 e. The van der Waals surface area contributed by atoms with E-state index in [2.05, 4.69) is 41.4 Å². The zero-order valence-corrected chi connectivity index (χ0v) is 17.4. The van der Waals surface area contributed by atoms with Crippen LogP contribution in [-0.2, 0) is 11.3 Å². The van der Waals surface area contributed by atoms with Gasteiger partial charge in [0.15, 0.2) is 5.17 Å². The number of hydrogen-bond acceptors (Lipinski definition) is 4. The van der Waals surface area contributed by atoms with Gasteiger partial charge in [-0.2, -0.15) is 5.10 Å². The number of thioether (sulfide) groups is 1. The molecule has 1 saturated heterocycles. The summed E-state index contributed by atoms with van der Waals surface area (Å²) in [6, 6.07) is 22.6. The van der Waals surface area contributed by atoms with Crippen molar-refractivity contribution in [2.24, 2.45) is 10.2 Å². The molecule has 1 heterocycles. The summed E-state index contributed by atoms with van der Waals surface area (Å²) in [7, 11) is 0. The Labute approximate surface area is 175 Å². The van der Waals surface area contributed by atoms with E-state index in [0.29, 0.717) is 11.7 Å². The summed E-state index contributed by atoms with van der Waals surface area (Å²) in [4.78, 5) is 14.7. The zero-order valence-electron chi connectivity index (χ0n) is 16.6. The van der Waals surface area contributed by atoms with Gasteiger partial charge in [0.25, 0.3) is 0 Å². The van der Waals surface area contributed by atoms with E-state index in [9.17, 15) is 4.79 Å². The lowest BCUT2D eigenvalue weighted by Crippen LogP contribution is -2.31. The molecule has 1 fully saturated rings. The molecule has 1 amide bonds. The van der Waals surface area contributed by atoms with Crippen LogP contribution in [0, 0.1) is 6.92 Å². The molecule has 0 N–H and O–H groups in total. The van der Waals surface area contributed by atoms with E-state index < -0.39 is 0 Å². The Bertz CT molecular complexity index is 1080. The first-order valence-corrected chi connectivity index (χ1v) is 10.7. The highest BCUT2D eigenvalue weighted by atomic mass is 32.2. The standard InChI is InChI=1S/C24H23N3OS/c1-3-22-23(28)27(16-20-9-6-8-19-7-4-5-10-21(19)20)24(29-22)26-25-15-18-13-11-17(2)12-14-18/h4-15,22H,3,16H2,1-2H3/b25-15-,26-24-/t22-/m1/s1. The van der Waals surface area contributed by atoms with E-state index in [-0.39, 0.29) is 11.2 Å². The molecule has 4 rings (SSSR count). The zero-order chi connectivity index (χ0) is 20.2. The monoisotopic (exact) mass is 401 g/mol. The van der Waals surface area contributed by atoms with Crippen molar-refractivity contribution in [3.05, 3.63) is 83.4 Å². The number of aryl methyl sites for hydroxylation is 1. The molecule has 1 aliphatic heterocycles. The molecule has 1 atom stereocenters. The number of fused-ring (bicyclic) bond motifs is 1. The van der Waals surface area contributed by atoms with E-state index in [4.69, 9.17) is 0 Å². The fraction of sp³-hybridized carbons (Fsp3) is 0.208. The molecule has 3 aromatic carbocycles. The molecule has 5 heteroatoms. The average Bonchev–Trinajstić information content (AvgIpc) is 3.04. The number of amidine groups is 1.